The first-order valence-electron chi connectivity index (χ1n) is 23.6. The standard InChI is InChI=1S/C50H88O6/c1-4-7-10-13-16-19-21-23-24-25-27-28-31-34-37-40-43-49(52)55-46-47(45-54-48(51)42-39-36-33-30-18-15-12-9-6-3)56-50(53)44-41-38-35-32-29-26-22-20-17-14-11-8-5-2/h24-26,29-30,33,35,38,47H,4-23,27-28,31-32,34,36-37,39-46H2,1-3H3/b25-24-,29-26-,33-30-,38-35-. The van der Waals surface area contributed by atoms with Crippen molar-refractivity contribution in [3.05, 3.63) is 48.6 Å². The zero-order chi connectivity index (χ0) is 40.8. The van der Waals surface area contributed by atoms with E-state index in [9.17, 15) is 14.4 Å². The van der Waals surface area contributed by atoms with Crippen LogP contribution in [0.3, 0.4) is 0 Å². The smallest absolute Gasteiger partial charge is 0.306 e. The lowest BCUT2D eigenvalue weighted by atomic mass is 10.1. The molecule has 0 fully saturated rings. The van der Waals surface area contributed by atoms with Gasteiger partial charge in [0, 0.05) is 19.3 Å². The van der Waals surface area contributed by atoms with E-state index in [0.717, 1.165) is 51.4 Å². The monoisotopic (exact) mass is 785 g/mol. The van der Waals surface area contributed by atoms with E-state index in [2.05, 4.69) is 63.3 Å². The summed E-state index contributed by atoms with van der Waals surface area (Å²) in [5.74, 6) is -1.02. The van der Waals surface area contributed by atoms with Gasteiger partial charge in [-0.15, -0.1) is 0 Å². The van der Waals surface area contributed by atoms with Crippen LogP contribution in [0.2, 0.25) is 0 Å². The molecule has 0 spiro atoms. The van der Waals surface area contributed by atoms with Crippen molar-refractivity contribution in [3.63, 3.8) is 0 Å². The number of rotatable bonds is 42. The quantitative estimate of drug-likeness (QED) is 0.0265. The fraction of sp³-hybridized carbons (Fsp3) is 0.780. The average Bonchev–Trinajstić information content (AvgIpc) is 3.19. The molecular formula is C50H88O6. The highest BCUT2D eigenvalue weighted by Gasteiger charge is 2.19. The van der Waals surface area contributed by atoms with Crippen LogP contribution in [-0.4, -0.2) is 37.2 Å². The van der Waals surface area contributed by atoms with Crippen molar-refractivity contribution in [2.75, 3.05) is 13.2 Å². The molecule has 1 atom stereocenters. The van der Waals surface area contributed by atoms with Crippen LogP contribution in [-0.2, 0) is 28.6 Å². The molecule has 0 aromatic heterocycles. The molecule has 324 valence electrons. The summed E-state index contributed by atoms with van der Waals surface area (Å²) in [6.07, 6.45) is 52.6. The van der Waals surface area contributed by atoms with E-state index in [0.29, 0.717) is 25.7 Å². The molecular weight excluding hydrogens is 697 g/mol. The van der Waals surface area contributed by atoms with Crippen LogP contribution in [0, 0.1) is 0 Å². The molecule has 0 saturated carbocycles. The van der Waals surface area contributed by atoms with Crippen molar-refractivity contribution in [2.45, 2.75) is 239 Å². The van der Waals surface area contributed by atoms with Crippen molar-refractivity contribution in [1.82, 2.24) is 0 Å². The van der Waals surface area contributed by atoms with E-state index in [-0.39, 0.29) is 37.5 Å². The fourth-order valence-electron chi connectivity index (χ4n) is 6.43. The Morgan fingerprint density at radius 3 is 1.16 bits per heavy atom. The minimum atomic E-state index is -0.814. The van der Waals surface area contributed by atoms with Crippen molar-refractivity contribution in [2.24, 2.45) is 0 Å². The number of hydrogen-bond donors (Lipinski definition) is 0. The fourth-order valence-corrected chi connectivity index (χ4v) is 6.43. The molecule has 1 unspecified atom stereocenters. The second-order valence-corrected chi connectivity index (χ2v) is 15.7. The second kappa shape index (κ2) is 45.1. The van der Waals surface area contributed by atoms with Crippen molar-refractivity contribution >= 4 is 17.9 Å². The number of allylic oxidation sites excluding steroid dienone is 8. The zero-order valence-corrected chi connectivity index (χ0v) is 36.9. The Balaban J connectivity index is 4.43. The molecule has 0 radical (unpaired) electrons. The van der Waals surface area contributed by atoms with Gasteiger partial charge in [0.05, 0.1) is 0 Å². The zero-order valence-electron chi connectivity index (χ0n) is 36.9. The molecule has 0 N–H and O–H groups in total. The van der Waals surface area contributed by atoms with Crippen LogP contribution in [0.1, 0.15) is 233 Å². The summed E-state index contributed by atoms with van der Waals surface area (Å²) in [5, 5.41) is 0. The molecule has 0 rings (SSSR count). The van der Waals surface area contributed by atoms with E-state index < -0.39 is 6.10 Å². The molecule has 0 saturated heterocycles. The molecule has 0 heterocycles. The van der Waals surface area contributed by atoms with Crippen LogP contribution in [0.15, 0.2) is 48.6 Å². The summed E-state index contributed by atoms with van der Waals surface area (Å²) < 4.78 is 16.6. The van der Waals surface area contributed by atoms with Crippen LogP contribution in [0.5, 0.6) is 0 Å². The maximum atomic E-state index is 12.7. The molecule has 6 nitrogen and oxygen atoms in total. The Bertz CT molecular complexity index is 996. The van der Waals surface area contributed by atoms with Gasteiger partial charge in [-0.1, -0.05) is 179 Å². The predicted molar refractivity (Wildman–Crippen MR) is 238 cm³/mol. The molecule has 0 amide bonds. The number of ether oxygens (including phenoxy) is 3. The first-order valence-corrected chi connectivity index (χ1v) is 23.6. The van der Waals surface area contributed by atoms with E-state index in [1.807, 2.05) is 6.08 Å². The molecule has 0 bridgehead atoms. The van der Waals surface area contributed by atoms with E-state index >= 15 is 0 Å². The Kier molecular flexibility index (Phi) is 43.0. The van der Waals surface area contributed by atoms with Crippen molar-refractivity contribution < 1.29 is 28.6 Å². The van der Waals surface area contributed by atoms with Gasteiger partial charge in [0.1, 0.15) is 13.2 Å². The largest absolute Gasteiger partial charge is 0.462 e. The molecule has 0 aromatic rings. The third kappa shape index (κ3) is 42.5. The van der Waals surface area contributed by atoms with Crippen LogP contribution >= 0.6 is 0 Å². The Labute approximate surface area is 346 Å². The number of unbranched alkanes of at least 4 members (excludes halogenated alkanes) is 23. The van der Waals surface area contributed by atoms with Crippen LogP contribution < -0.4 is 0 Å². The lowest BCUT2D eigenvalue weighted by Crippen LogP contribution is -2.30. The van der Waals surface area contributed by atoms with Crippen LogP contribution in [0.25, 0.3) is 0 Å². The molecule has 56 heavy (non-hydrogen) atoms. The third-order valence-corrected chi connectivity index (χ3v) is 10.0. The Morgan fingerprint density at radius 2 is 0.696 bits per heavy atom. The highest BCUT2D eigenvalue weighted by atomic mass is 16.6. The summed E-state index contributed by atoms with van der Waals surface area (Å²) in [7, 11) is 0. The van der Waals surface area contributed by atoms with E-state index in [4.69, 9.17) is 14.2 Å². The Morgan fingerprint density at radius 1 is 0.357 bits per heavy atom. The number of hydrogen-bond acceptors (Lipinski definition) is 6. The normalized spacial score (nSPS) is 12.4. The second-order valence-electron chi connectivity index (χ2n) is 15.7. The van der Waals surface area contributed by atoms with Gasteiger partial charge in [-0.25, -0.2) is 0 Å². The molecule has 0 aliphatic heterocycles. The maximum absolute atomic E-state index is 12.7. The molecule has 0 aromatic carbocycles. The van der Waals surface area contributed by atoms with Gasteiger partial charge >= 0.3 is 17.9 Å². The highest BCUT2D eigenvalue weighted by Crippen LogP contribution is 2.13. The van der Waals surface area contributed by atoms with Gasteiger partial charge < -0.3 is 14.2 Å². The summed E-state index contributed by atoms with van der Waals surface area (Å²) in [4.78, 5) is 37.7. The lowest BCUT2D eigenvalue weighted by molar-refractivity contribution is -0.166. The maximum Gasteiger partial charge on any atom is 0.306 e. The van der Waals surface area contributed by atoms with Crippen LogP contribution in [0.4, 0.5) is 0 Å². The number of carbonyl (C=O) groups excluding carboxylic acids is 3. The first-order chi connectivity index (χ1) is 27.5. The van der Waals surface area contributed by atoms with Crippen molar-refractivity contribution in [1.29, 1.82) is 0 Å². The number of esters is 3. The summed E-state index contributed by atoms with van der Waals surface area (Å²) in [5.41, 5.74) is 0. The molecule has 6 heteroatoms. The van der Waals surface area contributed by atoms with Crippen molar-refractivity contribution in [3.8, 4) is 0 Å². The van der Waals surface area contributed by atoms with Gasteiger partial charge in [0.15, 0.2) is 6.10 Å². The van der Waals surface area contributed by atoms with E-state index in [1.165, 1.54) is 128 Å². The summed E-state index contributed by atoms with van der Waals surface area (Å²) in [6, 6.07) is 0. The van der Waals surface area contributed by atoms with E-state index in [1.54, 1.807) is 0 Å². The summed E-state index contributed by atoms with van der Waals surface area (Å²) >= 11 is 0. The van der Waals surface area contributed by atoms with Gasteiger partial charge in [0.25, 0.3) is 0 Å². The molecule has 0 aliphatic carbocycles. The topological polar surface area (TPSA) is 78.9 Å². The average molecular weight is 785 g/mol. The SMILES string of the molecule is CCCCCC/C=C\CCCC(=O)OCC(COC(=O)CCCCCCC/C=C\CCCCCCCCC)OC(=O)CC/C=C\C/C=C\CCCCCCCC. The predicted octanol–water partition coefficient (Wildman–Crippen LogP) is 15.1. The minimum Gasteiger partial charge on any atom is -0.462 e. The number of carbonyl (C=O) groups is 3. The summed E-state index contributed by atoms with van der Waals surface area (Å²) in [6.45, 7) is 6.50. The first kappa shape index (κ1) is 53.4. The van der Waals surface area contributed by atoms with Gasteiger partial charge in [-0.2, -0.15) is 0 Å². The minimum absolute atomic E-state index is 0.108. The van der Waals surface area contributed by atoms with Gasteiger partial charge in [-0.3, -0.25) is 14.4 Å². The van der Waals surface area contributed by atoms with Gasteiger partial charge in [0.2, 0.25) is 0 Å². The Hall–Kier alpha value is -2.63. The highest BCUT2D eigenvalue weighted by molar-refractivity contribution is 5.71. The lowest BCUT2D eigenvalue weighted by Gasteiger charge is -2.18. The third-order valence-electron chi connectivity index (χ3n) is 10.0. The van der Waals surface area contributed by atoms with Gasteiger partial charge in [-0.05, 0) is 83.5 Å². The molecule has 0 aliphatic rings.